The van der Waals surface area contributed by atoms with E-state index in [-0.39, 0.29) is 11.8 Å². The summed E-state index contributed by atoms with van der Waals surface area (Å²) in [5.41, 5.74) is 5.38. The van der Waals surface area contributed by atoms with E-state index in [0.29, 0.717) is 19.6 Å². The minimum Gasteiger partial charge on any atom is -0.342 e. The van der Waals surface area contributed by atoms with Gasteiger partial charge in [-0.25, -0.2) is 0 Å². The van der Waals surface area contributed by atoms with Gasteiger partial charge in [0.05, 0.1) is 12.1 Å². The fraction of sp³-hybridized carbons (Fsp3) is 0.857. The Bertz CT molecular complexity index is 369. The van der Waals surface area contributed by atoms with Crippen LogP contribution in [-0.2, 0) is 9.59 Å². The predicted molar refractivity (Wildman–Crippen MR) is 77.1 cm³/mol. The van der Waals surface area contributed by atoms with E-state index >= 15 is 0 Å². The maximum absolute atomic E-state index is 12.1. The molecule has 1 aliphatic carbocycles. The van der Waals surface area contributed by atoms with Crippen molar-refractivity contribution in [3.63, 3.8) is 0 Å². The summed E-state index contributed by atoms with van der Waals surface area (Å²) in [4.78, 5) is 30.0. The van der Waals surface area contributed by atoms with Gasteiger partial charge in [0, 0.05) is 39.3 Å². The van der Waals surface area contributed by atoms with E-state index in [0.717, 1.165) is 39.0 Å². The lowest BCUT2D eigenvalue weighted by atomic mass is 10.2. The molecule has 6 nitrogen and oxygen atoms in total. The number of likely N-dealkylation sites (N-methyl/N-ethyl adjacent to an activating group) is 1. The Labute approximate surface area is 120 Å². The van der Waals surface area contributed by atoms with Crippen LogP contribution in [0.3, 0.4) is 0 Å². The van der Waals surface area contributed by atoms with Gasteiger partial charge in [0.1, 0.15) is 0 Å². The standard InChI is InChI=1S/C14H26N4O2/c1-3-17(4-2)12(19)11-16-7-9-18(10-8-16)13(20)14(15)5-6-14/h3-11,15H2,1-2H3. The van der Waals surface area contributed by atoms with Crippen LogP contribution in [0.15, 0.2) is 0 Å². The van der Waals surface area contributed by atoms with Crippen molar-refractivity contribution >= 4 is 11.8 Å². The quantitative estimate of drug-likeness (QED) is 0.737. The van der Waals surface area contributed by atoms with Crippen molar-refractivity contribution < 1.29 is 9.59 Å². The van der Waals surface area contributed by atoms with Gasteiger partial charge in [-0.2, -0.15) is 0 Å². The second-order valence-electron chi connectivity index (χ2n) is 5.79. The molecule has 0 radical (unpaired) electrons. The number of hydrogen-bond donors (Lipinski definition) is 1. The van der Waals surface area contributed by atoms with Gasteiger partial charge in [0.15, 0.2) is 0 Å². The molecule has 1 heterocycles. The van der Waals surface area contributed by atoms with Crippen LogP contribution in [-0.4, -0.2) is 77.9 Å². The first-order valence-electron chi connectivity index (χ1n) is 7.58. The number of piperazine rings is 1. The van der Waals surface area contributed by atoms with Crippen LogP contribution in [0.4, 0.5) is 0 Å². The summed E-state index contributed by atoms with van der Waals surface area (Å²) in [5.74, 6) is 0.263. The molecule has 2 fully saturated rings. The predicted octanol–water partition coefficient (Wildman–Crippen LogP) is -0.510. The summed E-state index contributed by atoms with van der Waals surface area (Å²) >= 11 is 0. The average molecular weight is 282 g/mol. The van der Waals surface area contributed by atoms with Gasteiger partial charge in [-0.1, -0.05) is 0 Å². The molecule has 6 heteroatoms. The molecule has 114 valence electrons. The number of nitrogens with two attached hydrogens (primary N) is 1. The second kappa shape index (κ2) is 6.10. The van der Waals surface area contributed by atoms with E-state index in [1.807, 2.05) is 23.6 Å². The van der Waals surface area contributed by atoms with Crippen LogP contribution in [0, 0.1) is 0 Å². The van der Waals surface area contributed by atoms with E-state index in [9.17, 15) is 9.59 Å². The molecule has 0 spiro atoms. The van der Waals surface area contributed by atoms with Gasteiger partial charge in [0.25, 0.3) is 0 Å². The highest BCUT2D eigenvalue weighted by Gasteiger charge is 2.48. The first-order chi connectivity index (χ1) is 9.50. The summed E-state index contributed by atoms with van der Waals surface area (Å²) < 4.78 is 0. The Balaban J connectivity index is 1.77. The maximum atomic E-state index is 12.1. The lowest BCUT2D eigenvalue weighted by molar-refractivity contribution is -0.136. The Morgan fingerprint density at radius 1 is 1.10 bits per heavy atom. The molecule has 1 saturated heterocycles. The van der Waals surface area contributed by atoms with Crippen LogP contribution in [0.2, 0.25) is 0 Å². The Morgan fingerprint density at radius 3 is 2.10 bits per heavy atom. The summed E-state index contributed by atoms with van der Waals surface area (Å²) in [7, 11) is 0. The molecular formula is C14H26N4O2. The highest BCUT2D eigenvalue weighted by atomic mass is 16.2. The smallest absolute Gasteiger partial charge is 0.242 e. The molecule has 2 aliphatic rings. The van der Waals surface area contributed by atoms with Crippen molar-refractivity contribution in [1.29, 1.82) is 0 Å². The molecule has 0 aromatic heterocycles. The monoisotopic (exact) mass is 282 g/mol. The zero-order chi connectivity index (χ0) is 14.8. The van der Waals surface area contributed by atoms with Crippen molar-refractivity contribution in [2.24, 2.45) is 5.73 Å². The molecule has 1 saturated carbocycles. The third kappa shape index (κ3) is 3.30. The summed E-state index contributed by atoms with van der Waals surface area (Å²) in [6, 6.07) is 0. The van der Waals surface area contributed by atoms with Crippen molar-refractivity contribution in [3.8, 4) is 0 Å². The number of carbonyl (C=O) groups excluding carboxylic acids is 2. The van der Waals surface area contributed by atoms with Crippen LogP contribution in [0.5, 0.6) is 0 Å². The molecule has 2 rings (SSSR count). The van der Waals surface area contributed by atoms with Gasteiger partial charge >= 0.3 is 0 Å². The Hall–Kier alpha value is -1.14. The highest BCUT2D eigenvalue weighted by molar-refractivity contribution is 5.89. The molecule has 2 amide bonds. The van der Waals surface area contributed by atoms with E-state index in [1.54, 1.807) is 0 Å². The van der Waals surface area contributed by atoms with Crippen LogP contribution in [0.1, 0.15) is 26.7 Å². The molecule has 0 bridgehead atoms. The third-order valence-electron chi connectivity index (χ3n) is 4.35. The van der Waals surface area contributed by atoms with Crippen LogP contribution < -0.4 is 5.73 Å². The third-order valence-corrected chi connectivity index (χ3v) is 4.35. The molecule has 2 N–H and O–H groups in total. The van der Waals surface area contributed by atoms with E-state index in [4.69, 9.17) is 5.73 Å². The fourth-order valence-corrected chi connectivity index (χ4v) is 2.64. The van der Waals surface area contributed by atoms with E-state index in [2.05, 4.69) is 4.90 Å². The maximum Gasteiger partial charge on any atom is 0.242 e. The molecule has 0 atom stereocenters. The van der Waals surface area contributed by atoms with Crippen molar-refractivity contribution in [2.75, 3.05) is 45.8 Å². The number of amides is 2. The van der Waals surface area contributed by atoms with Gasteiger partial charge in [-0.15, -0.1) is 0 Å². The van der Waals surface area contributed by atoms with Crippen LogP contribution >= 0.6 is 0 Å². The lowest BCUT2D eigenvalue weighted by Gasteiger charge is -2.36. The largest absolute Gasteiger partial charge is 0.342 e. The van der Waals surface area contributed by atoms with Gasteiger partial charge < -0.3 is 15.5 Å². The number of hydrogen-bond acceptors (Lipinski definition) is 4. The number of carbonyl (C=O) groups is 2. The normalized spacial score (nSPS) is 21.6. The van der Waals surface area contributed by atoms with Gasteiger partial charge in [0.2, 0.25) is 11.8 Å². The topological polar surface area (TPSA) is 69.9 Å². The minimum atomic E-state index is -0.570. The Morgan fingerprint density at radius 2 is 1.65 bits per heavy atom. The average Bonchev–Trinajstić information content (AvgIpc) is 3.19. The van der Waals surface area contributed by atoms with Crippen molar-refractivity contribution in [1.82, 2.24) is 14.7 Å². The first kappa shape index (κ1) is 15.3. The van der Waals surface area contributed by atoms with E-state index in [1.165, 1.54) is 0 Å². The molecule has 0 aromatic carbocycles. The molecule has 20 heavy (non-hydrogen) atoms. The number of rotatable bonds is 5. The van der Waals surface area contributed by atoms with Gasteiger partial charge in [-0.05, 0) is 26.7 Å². The van der Waals surface area contributed by atoms with Crippen molar-refractivity contribution in [2.45, 2.75) is 32.2 Å². The first-order valence-corrected chi connectivity index (χ1v) is 7.58. The number of nitrogens with zero attached hydrogens (tertiary/aromatic N) is 3. The summed E-state index contributed by atoms with van der Waals surface area (Å²) in [5, 5.41) is 0. The SMILES string of the molecule is CCN(CC)C(=O)CN1CCN(C(=O)C2(N)CC2)CC1. The summed E-state index contributed by atoms with van der Waals surface area (Å²) in [6.45, 7) is 8.84. The molecule has 0 aromatic rings. The van der Waals surface area contributed by atoms with E-state index < -0.39 is 5.54 Å². The molecular weight excluding hydrogens is 256 g/mol. The lowest BCUT2D eigenvalue weighted by Crippen LogP contribution is -2.55. The van der Waals surface area contributed by atoms with Crippen molar-refractivity contribution in [3.05, 3.63) is 0 Å². The second-order valence-corrected chi connectivity index (χ2v) is 5.79. The van der Waals surface area contributed by atoms with Gasteiger partial charge in [-0.3, -0.25) is 14.5 Å². The highest BCUT2D eigenvalue weighted by Crippen LogP contribution is 2.34. The fourth-order valence-electron chi connectivity index (χ4n) is 2.64. The molecule has 1 aliphatic heterocycles. The summed E-state index contributed by atoms with van der Waals surface area (Å²) in [6.07, 6.45) is 1.62. The zero-order valence-corrected chi connectivity index (χ0v) is 12.6. The van der Waals surface area contributed by atoms with Crippen LogP contribution in [0.25, 0.3) is 0 Å². The minimum absolute atomic E-state index is 0.0900. The molecule has 0 unspecified atom stereocenters. The Kier molecular flexibility index (Phi) is 4.65. The zero-order valence-electron chi connectivity index (χ0n) is 12.6.